The highest BCUT2D eigenvalue weighted by atomic mass is 16.5. The zero-order chi connectivity index (χ0) is 26.5. The van der Waals surface area contributed by atoms with Crippen molar-refractivity contribution in [2.24, 2.45) is 62.6 Å². The molecule has 0 radical (unpaired) electrons. The number of hydrogen-bond acceptors (Lipinski definition) is 3. The fourth-order valence-electron chi connectivity index (χ4n) is 12.1. The average molecular weight is 501 g/mol. The monoisotopic (exact) mass is 500 g/mol. The second-order valence-electron chi connectivity index (χ2n) is 15.6. The summed E-state index contributed by atoms with van der Waals surface area (Å²) in [6.07, 6.45) is 10.9. The van der Waals surface area contributed by atoms with Crippen molar-refractivity contribution >= 4 is 11.9 Å². The van der Waals surface area contributed by atoms with Gasteiger partial charge in [0.25, 0.3) is 0 Å². The number of fused-ring (bicyclic) bond motifs is 7. The zero-order valence-electron chi connectivity index (χ0n) is 24.3. The van der Waals surface area contributed by atoms with Crippen LogP contribution >= 0.6 is 0 Å². The zero-order valence-corrected chi connectivity index (χ0v) is 24.3. The van der Waals surface area contributed by atoms with Crippen molar-refractivity contribution in [3.63, 3.8) is 0 Å². The van der Waals surface area contributed by atoms with Gasteiger partial charge in [-0.2, -0.15) is 0 Å². The highest BCUT2D eigenvalue weighted by Crippen LogP contribution is 2.77. The summed E-state index contributed by atoms with van der Waals surface area (Å²) >= 11 is 0. The first-order valence-corrected chi connectivity index (χ1v) is 15.1. The van der Waals surface area contributed by atoms with Crippen LogP contribution in [0.25, 0.3) is 0 Å². The van der Waals surface area contributed by atoms with Crippen LogP contribution in [0.2, 0.25) is 0 Å². The van der Waals surface area contributed by atoms with Crippen molar-refractivity contribution in [2.45, 2.75) is 126 Å². The van der Waals surface area contributed by atoms with Gasteiger partial charge in [0, 0.05) is 12.3 Å². The first kappa shape index (κ1) is 26.5. The van der Waals surface area contributed by atoms with Crippen molar-refractivity contribution in [1.29, 1.82) is 0 Å². The van der Waals surface area contributed by atoms with E-state index in [4.69, 9.17) is 4.74 Å². The summed E-state index contributed by atoms with van der Waals surface area (Å²) in [5, 5.41) is 10.6. The molecule has 0 saturated heterocycles. The Labute approximate surface area is 219 Å². The van der Waals surface area contributed by atoms with E-state index in [9.17, 15) is 14.7 Å². The quantitative estimate of drug-likeness (QED) is 0.403. The lowest BCUT2D eigenvalue weighted by Gasteiger charge is -2.72. The second kappa shape index (κ2) is 8.22. The van der Waals surface area contributed by atoms with E-state index in [0.29, 0.717) is 35.5 Å². The van der Waals surface area contributed by atoms with E-state index in [0.717, 1.165) is 38.5 Å². The molecule has 36 heavy (non-hydrogen) atoms. The predicted octanol–water partition coefficient (Wildman–Crippen LogP) is 7.74. The third-order valence-electron chi connectivity index (χ3n) is 14.0. The average Bonchev–Trinajstić information content (AvgIpc) is 3.17. The Balaban J connectivity index is 1.52. The molecule has 5 rings (SSSR count). The van der Waals surface area contributed by atoms with E-state index in [1.165, 1.54) is 25.7 Å². The minimum absolute atomic E-state index is 0.0144. The minimum atomic E-state index is -0.508. The molecule has 0 aromatic heterocycles. The van der Waals surface area contributed by atoms with Gasteiger partial charge in [0.05, 0.1) is 5.41 Å². The van der Waals surface area contributed by atoms with Gasteiger partial charge in [-0.25, -0.2) is 0 Å². The second-order valence-corrected chi connectivity index (χ2v) is 15.6. The van der Waals surface area contributed by atoms with E-state index in [2.05, 4.69) is 48.5 Å². The van der Waals surface area contributed by atoms with Gasteiger partial charge in [0.1, 0.15) is 6.10 Å². The van der Waals surface area contributed by atoms with Crippen molar-refractivity contribution in [3.8, 4) is 0 Å². The molecule has 5 aliphatic rings. The number of aliphatic carboxylic acids is 1. The molecule has 1 N–H and O–H groups in total. The number of hydrogen-bond donors (Lipinski definition) is 1. The Morgan fingerprint density at radius 2 is 1.50 bits per heavy atom. The fraction of sp³-hybridized carbons (Fsp3) is 0.938. The van der Waals surface area contributed by atoms with E-state index in [1.807, 2.05) is 0 Å². The van der Waals surface area contributed by atoms with Crippen LogP contribution in [0.5, 0.6) is 0 Å². The molecule has 5 aliphatic carbocycles. The predicted molar refractivity (Wildman–Crippen MR) is 142 cm³/mol. The molecule has 1 unspecified atom stereocenters. The molecule has 4 nitrogen and oxygen atoms in total. The smallest absolute Gasteiger partial charge is 0.309 e. The van der Waals surface area contributed by atoms with E-state index in [-0.39, 0.29) is 33.7 Å². The molecular formula is C32H52O4. The molecule has 5 saturated carbocycles. The molecule has 0 aromatic rings. The van der Waals surface area contributed by atoms with Gasteiger partial charge in [0.2, 0.25) is 0 Å². The Morgan fingerprint density at radius 3 is 2.11 bits per heavy atom. The van der Waals surface area contributed by atoms with Gasteiger partial charge in [-0.3, -0.25) is 9.59 Å². The summed E-state index contributed by atoms with van der Waals surface area (Å²) in [5.41, 5.74) is 0.169. The molecule has 0 spiro atoms. The summed E-state index contributed by atoms with van der Waals surface area (Å²) in [4.78, 5) is 24.7. The third-order valence-corrected chi connectivity index (χ3v) is 14.0. The topological polar surface area (TPSA) is 63.6 Å². The Bertz CT molecular complexity index is 923. The van der Waals surface area contributed by atoms with Crippen LogP contribution in [-0.4, -0.2) is 23.1 Å². The highest BCUT2D eigenvalue weighted by molar-refractivity contribution is 5.76. The Kier molecular flexibility index (Phi) is 6.06. The van der Waals surface area contributed by atoms with Crippen LogP contribution < -0.4 is 0 Å². The van der Waals surface area contributed by atoms with Crippen molar-refractivity contribution in [1.82, 2.24) is 0 Å². The van der Waals surface area contributed by atoms with Gasteiger partial charge < -0.3 is 9.84 Å². The summed E-state index contributed by atoms with van der Waals surface area (Å²) in [5.74, 6) is 2.48. The van der Waals surface area contributed by atoms with Crippen molar-refractivity contribution in [3.05, 3.63) is 0 Å². The summed E-state index contributed by atoms with van der Waals surface area (Å²) < 4.78 is 5.89. The maximum Gasteiger partial charge on any atom is 0.309 e. The van der Waals surface area contributed by atoms with Gasteiger partial charge in [-0.05, 0) is 116 Å². The first-order valence-electron chi connectivity index (χ1n) is 15.1. The molecule has 0 amide bonds. The molecule has 0 aliphatic heterocycles. The van der Waals surface area contributed by atoms with E-state index < -0.39 is 11.4 Å². The molecular weight excluding hydrogens is 448 g/mol. The van der Waals surface area contributed by atoms with E-state index >= 15 is 0 Å². The fourth-order valence-corrected chi connectivity index (χ4v) is 12.1. The highest BCUT2D eigenvalue weighted by Gasteiger charge is 2.72. The molecule has 0 bridgehead atoms. The Hall–Kier alpha value is -1.06. The minimum Gasteiger partial charge on any atom is -0.481 e. The van der Waals surface area contributed by atoms with Crippen LogP contribution in [0.1, 0.15) is 120 Å². The lowest BCUT2D eigenvalue weighted by molar-refractivity contribution is -0.251. The first-order chi connectivity index (χ1) is 16.6. The molecule has 204 valence electrons. The number of rotatable bonds is 3. The third kappa shape index (κ3) is 3.23. The maximum absolute atomic E-state index is 12.8. The van der Waals surface area contributed by atoms with Gasteiger partial charge in [0.15, 0.2) is 0 Å². The van der Waals surface area contributed by atoms with E-state index in [1.54, 1.807) is 6.92 Å². The largest absolute Gasteiger partial charge is 0.481 e. The molecule has 5 fully saturated rings. The maximum atomic E-state index is 12.8. The van der Waals surface area contributed by atoms with Gasteiger partial charge in [-0.15, -0.1) is 0 Å². The number of carboxylic acids is 1. The molecule has 10 atom stereocenters. The molecule has 4 heteroatoms. The summed E-state index contributed by atoms with van der Waals surface area (Å²) in [7, 11) is 0. The normalized spacial score (nSPS) is 51.5. The lowest BCUT2D eigenvalue weighted by atomic mass is 9.32. The van der Waals surface area contributed by atoms with Crippen molar-refractivity contribution < 1.29 is 19.4 Å². The Morgan fingerprint density at radius 1 is 0.806 bits per heavy atom. The van der Waals surface area contributed by atoms with Crippen LogP contribution in [0.4, 0.5) is 0 Å². The van der Waals surface area contributed by atoms with Crippen LogP contribution in [0.3, 0.4) is 0 Å². The number of ether oxygens (including phenoxy) is 1. The summed E-state index contributed by atoms with van der Waals surface area (Å²) in [6.45, 7) is 18.7. The molecule has 0 heterocycles. The number of esters is 1. The number of carboxylic acid groups (broad SMARTS) is 1. The SMILES string of the molecule is CC(=O)O[C@H]1CC[C@]2(C)[C@H]3CC[C@@H]4[C@H]5C(C(C)C)CC[C@]5(C(=O)O)CC[C@@]4(C)[C@]3(C)CC[C@H]2C1(C)C. The standard InChI is InChI=1S/C32H52O4/c1-19(2)21-11-16-32(27(34)35)18-17-30(7)22(26(21)32)9-10-24-29(6)14-13-25(36-20(3)33)28(4,5)23(29)12-15-31(24,30)8/h19,21-26H,9-18H2,1-8H3,(H,34,35)/t21?,22-,23+,24-,25+,26-,29+,30-,31-,32+/m1/s1. The number of carbonyl (C=O) groups is 2. The van der Waals surface area contributed by atoms with Crippen molar-refractivity contribution in [2.75, 3.05) is 0 Å². The van der Waals surface area contributed by atoms with Gasteiger partial charge in [-0.1, -0.05) is 48.5 Å². The molecule has 0 aromatic carbocycles. The van der Waals surface area contributed by atoms with Crippen LogP contribution in [0.15, 0.2) is 0 Å². The lowest BCUT2D eigenvalue weighted by Crippen LogP contribution is -2.67. The van der Waals surface area contributed by atoms with Gasteiger partial charge >= 0.3 is 11.9 Å². The van der Waals surface area contributed by atoms with Crippen LogP contribution in [-0.2, 0) is 14.3 Å². The van der Waals surface area contributed by atoms with Crippen LogP contribution in [0, 0.1) is 62.6 Å². The summed E-state index contributed by atoms with van der Waals surface area (Å²) in [6, 6.07) is 0. The number of carbonyl (C=O) groups excluding carboxylic acids is 1.